The SMILES string of the molecule is Cc1cccnc1C(NC(=O)c1ccc(CCC(C)(C)O)cc1)C1CC1. The van der Waals surface area contributed by atoms with E-state index in [4.69, 9.17) is 0 Å². The summed E-state index contributed by atoms with van der Waals surface area (Å²) in [4.78, 5) is 17.2. The second-order valence-electron chi connectivity index (χ2n) is 8.00. The van der Waals surface area contributed by atoms with Gasteiger partial charge in [0.15, 0.2) is 0 Å². The van der Waals surface area contributed by atoms with Gasteiger partial charge < -0.3 is 10.4 Å². The van der Waals surface area contributed by atoms with Crippen molar-refractivity contribution in [2.45, 2.75) is 58.1 Å². The topological polar surface area (TPSA) is 62.2 Å². The standard InChI is InChI=1S/C22H28N2O2/c1-15-5-4-14-23-19(15)20(17-10-11-17)24-21(25)18-8-6-16(7-9-18)12-13-22(2,3)26/h4-9,14,17,20,26H,10-13H2,1-3H3,(H,24,25). The van der Waals surface area contributed by atoms with Crippen LogP contribution < -0.4 is 5.32 Å². The molecule has 0 bridgehead atoms. The lowest BCUT2D eigenvalue weighted by molar-refractivity contribution is 0.0713. The van der Waals surface area contributed by atoms with Crippen LogP contribution in [0.2, 0.25) is 0 Å². The van der Waals surface area contributed by atoms with E-state index >= 15 is 0 Å². The fourth-order valence-electron chi connectivity index (χ4n) is 3.16. The number of nitrogens with zero attached hydrogens (tertiary/aromatic N) is 1. The van der Waals surface area contributed by atoms with Crippen LogP contribution in [0, 0.1) is 12.8 Å². The predicted molar refractivity (Wildman–Crippen MR) is 103 cm³/mol. The van der Waals surface area contributed by atoms with Crippen molar-refractivity contribution in [2.24, 2.45) is 5.92 Å². The van der Waals surface area contributed by atoms with Gasteiger partial charge in [-0.15, -0.1) is 0 Å². The molecule has 1 atom stereocenters. The molecule has 4 heteroatoms. The van der Waals surface area contributed by atoms with Gasteiger partial charge in [-0.25, -0.2) is 0 Å². The van der Waals surface area contributed by atoms with Crippen LogP contribution in [0.15, 0.2) is 42.6 Å². The molecule has 4 nitrogen and oxygen atoms in total. The highest BCUT2D eigenvalue weighted by Crippen LogP contribution is 2.41. The van der Waals surface area contributed by atoms with Gasteiger partial charge in [0, 0.05) is 11.8 Å². The molecule has 1 aliphatic rings. The van der Waals surface area contributed by atoms with Crippen molar-refractivity contribution in [2.75, 3.05) is 0 Å². The second kappa shape index (κ2) is 7.58. The number of hydrogen-bond acceptors (Lipinski definition) is 3. The zero-order chi connectivity index (χ0) is 18.7. The van der Waals surface area contributed by atoms with Crippen LogP contribution in [0.4, 0.5) is 0 Å². The third kappa shape index (κ3) is 4.92. The van der Waals surface area contributed by atoms with Gasteiger partial charge in [0.2, 0.25) is 0 Å². The maximum Gasteiger partial charge on any atom is 0.251 e. The van der Waals surface area contributed by atoms with Gasteiger partial charge in [0.05, 0.1) is 17.3 Å². The Hall–Kier alpha value is -2.20. The van der Waals surface area contributed by atoms with Crippen LogP contribution in [0.25, 0.3) is 0 Å². The van der Waals surface area contributed by atoms with Crippen molar-refractivity contribution in [1.29, 1.82) is 0 Å². The summed E-state index contributed by atoms with van der Waals surface area (Å²) in [5, 5.41) is 13.0. The van der Waals surface area contributed by atoms with E-state index < -0.39 is 5.60 Å². The summed E-state index contributed by atoms with van der Waals surface area (Å²) in [6, 6.07) is 11.6. The number of carbonyl (C=O) groups excluding carboxylic acids is 1. The van der Waals surface area contributed by atoms with E-state index in [1.54, 1.807) is 6.20 Å². The predicted octanol–water partition coefficient (Wildman–Crippen LogP) is 3.97. The quantitative estimate of drug-likeness (QED) is 0.792. The molecule has 26 heavy (non-hydrogen) atoms. The lowest BCUT2D eigenvalue weighted by atomic mass is 9.98. The third-order valence-corrected chi connectivity index (χ3v) is 4.97. The third-order valence-electron chi connectivity index (χ3n) is 4.97. The van der Waals surface area contributed by atoms with E-state index in [0.717, 1.165) is 36.1 Å². The lowest BCUT2D eigenvalue weighted by Gasteiger charge is -2.20. The highest BCUT2D eigenvalue weighted by atomic mass is 16.3. The number of aromatic nitrogens is 1. The number of nitrogens with one attached hydrogen (secondary N) is 1. The number of carbonyl (C=O) groups is 1. The number of benzene rings is 1. The summed E-state index contributed by atoms with van der Waals surface area (Å²) in [5.41, 5.74) is 3.21. The Morgan fingerprint density at radius 1 is 1.27 bits per heavy atom. The van der Waals surface area contributed by atoms with E-state index in [9.17, 15) is 9.90 Å². The van der Waals surface area contributed by atoms with Crippen LogP contribution in [-0.4, -0.2) is 21.6 Å². The lowest BCUT2D eigenvalue weighted by Crippen LogP contribution is -2.31. The first-order chi connectivity index (χ1) is 12.3. The Kier molecular flexibility index (Phi) is 5.42. The Morgan fingerprint density at radius 3 is 2.54 bits per heavy atom. The van der Waals surface area contributed by atoms with Crippen molar-refractivity contribution in [3.63, 3.8) is 0 Å². The summed E-state index contributed by atoms with van der Waals surface area (Å²) in [6.07, 6.45) is 5.56. The first-order valence-corrected chi connectivity index (χ1v) is 9.37. The van der Waals surface area contributed by atoms with Gasteiger partial charge >= 0.3 is 0 Å². The number of pyridine rings is 1. The fourth-order valence-corrected chi connectivity index (χ4v) is 3.16. The van der Waals surface area contributed by atoms with Crippen molar-refractivity contribution in [3.05, 3.63) is 65.0 Å². The zero-order valence-electron chi connectivity index (χ0n) is 15.8. The van der Waals surface area contributed by atoms with E-state index in [1.165, 1.54) is 0 Å². The molecular weight excluding hydrogens is 324 g/mol. The number of hydrogen-bond donors (Lipinski definition) is 2. The fraction of sp³-hybridized carbons (Fsp3) is 0.455. The molecular formula is C22H28N2O2. The summed E-state index contributed by atoms with van der Waals surface area (Å²) in [6.45, 7) is 5.67. The smallest absolute Gasteiger partial charge is 0.251 e. The average molecular weight is 352 g/mol. The minimum atomic E-state index is -0.673. The van der Waals surface area contributed by atoms with Crippen molar-refractivity contribution >= 4 is 5.91 Å². The van der Waals surface area contributed by atoms with E-state index in [-0.39, 0.29) is 11.9 Å². The normalized spacial score (nSPS) is 15.5. The second-order valence-corrected chi connectivity index (χ2v) is 8.00. The maximum absolute atomic E-state index is 12.7. The van der Waals surface area contributed by atoms with Crippen LogP contribution in [0.1, 0.15) is 66.3 Å². The van der Waals surface area contributed by atoms with Gasteiger partial charge in [-0.1, -0.05) is 18.2 Å². The summed E-state index contributed by atoms with van der Waals surface area (Å²) in [5.74, 6) is 0.430. The molecule has 0 radical (unpaired) electrons. The van der Waals surface area contributed by atoms with Gasteiger partial charge in [-0.3, -0.25) is 9.78 Å². The van der Waals surface area contributed by atoms with Crippen molar-refractivity contribution < 1.29 is 9.90 Å². The number of amides is 1. The average Bonchev–Trinajstić information content (AvgIpc) is 3.43. The van der Waals surface area contributed by atoms with Crippen molar-refractivity contribution in [3.8, 4) is 0 Å². The Labute approximate surface area is 155 Å². The summed E-state index contributed by atoms with van der Waals surface area (Å²) >= 11 is 0. The highest BCUT2D eigenvalue weighted by Gasteiger charge is 2.35. The largest absolute Gasteiger partial charge is 0.390 e. The molecule has 1 amide bonds. The number of aliphatic hydroxyl groups is 1. The molecule has 1 aromatic heterocycles. The number of rotatable bonds is 7. The molecule has 3 rings (SSSR count). The minimum absolute atomic E-state index is 0.0152. The molecule has 0 saturated heterocycles. The Morgan fingerprint density at radius 2 is 1.96 bits per heavy atom. The first-order valence-electron chi connectivity index (χ1n) is 9.37. The van der Waals surface area contributed by atoms with Gasteiger partial charge in [-0.2, -0.15) is 0 Å². The molecule has 0 aliphatic heterocycles. The Bertz CT molecular complexity index is 758. The van der Waals surface area contributed by atoms with E-state index in [1.807, 2.05) is 57.2 Å². The molecule has 0 spiro atoms. The highest BCUT2D eigenvalue weighted by molar-refractivity contribution is 5.94. The van der Waals surface area contributed by atoms with Crippen molar-refractivity contribution in [1.82, 2.24) is 10.3 Å². The number of aryl methyl sites for hydroxylation is 2. The molecule has 138 valence electrons. The van der Waals surface area contributed by atoms with Crippen LogP contribution in [0.5, 0.6) is 0 Å². The molecule has 2 N–H and O–H groups in total. The van der Waals surface area contributed by atoms with E-state index in [0.29, 0.717) is 17.9 Å². The molecule has 1 aliphatic carbocycles. The van der Waals surface area contributed by atoms with Crippen LogP contribution in [0.3, 0.4) is 0 Å². The summed E-state index contributed by atoms with van der Waals surface area (Å²) < 4.78 is 0. The maximum atomic E-state index is 12.7. The Balaban J connectivity index is 1.67. The zero-order valence-corrected chi connectivity index (χ0v) is 15.8. The molecule has 1 heterocycles. The van der Waals surface area contributed by atoms with Gasteiger partial charge in [0.25, 0.3) is 5.91 Å². The minimum Gasteiger partial charge on any atom is -0.390 e. The van der Waals surface area contributed by atoms with Gasteiger partial charge in [-0.05, 0) is 81.7 Å². The first kappa shape index (κ1) is 18.6. The van der Waals surface area contributed by atoms with Crippen LogP contribution in [-0.2, 0) is 6.42 Å². The van der Waals surface area contributed by atoms with Crippen LogP contribution >= 0.6 is 0 Å². The van der Waals surface area contributed by atoms with Gasteiger partial charge in [0.1, 0.15) is 0 Å². The van der Waals surface area contributed by atoms with E-state index in [2.05, 4.69) is 10.3 Å². The molecule has 1 aromatic carbocycles. The summed E-state index contributed by atoms with van der Waals surface area (Å²) in [7, 11) is 0. The molecule has 1 saturated carbocycles. The molecule has 2 aromatic rings. The molecule has 1 unspecified atom stereocenters. The molecule has 1 fully saturated rings. The monoisotopic (exact) mass is 352 g/mol.